The van der Waals surface area contributed by atoms with Gasteiger partial charge in [-0.25, -0.2) is 9.97 Å². The lowest BCUT2D eigenvalue weighted by Crippen LogP contribution is -2.01. The van der Waals surface area contributed by atoms with Crippen molar-refractivity contribution in [1.82, 2.24) is 20.2 Å². The fourth-order valence-corrected chi connectivity index (χ4v) is 0.996. The zero-order valence-corrected chi connectivity index (χ0v) is 7.92. The van der Waals surface area contributed by atoms with Crippen LogP contribution >= 0.6 is 0 Å². The van der Waals surface area contributed by atoms with E-state index >= 15 is 0 Å². The lowest BCUT2D eigenvalue weighted by molar-refractivity contribution is 0.507. The van der Waals surface area contributed by atoms with Gasteiger partial charge in [0.05, 0.1) is 18.8 Å². The van der Waals surface area contributed by atoms with Gasteiger partial charge in [0.25, 0.3) is 0 Å². The number of aromatic nitrogens is 4. The van der Waals surface area contributed by atoms with E-state index in [1.165, 1.54) is 6.33 Å². The molecule has 0 aliphatic carbocycles. The van der Waals surface area contributed by atoms with Crippen molar-refractivity contribution in [2.75, 3.05) is 5.32 Å². The second kappa shape index (κ2) is 4.47. The average Bonchev–Trinajstić information content (AvgIpc) is 2.76. The van der Waals surface area contributed by atoms with Gasteiger partial charge in [0.1, 0.15) is 6.33 Å². The van der Waals surface area contributed by atoms with Crippen molar-refractivity contribution in [2.24, 2.45) is 5.73 Å². The van der Waals surface area contributed by atoms with E-state index < -0.39 is 0 Å². The number of hydrogen-bond donors (Lipinski definition) is 2. The van der Waals surface area contributed by atoms with Crippen LogP contribution in [0, 0.1) is 0 Å². The summed E-state index contributed by atoms with van der Waals surface area (Å²) in [6.45, 7) is 0.747. The topological polar surface area (TPSA) is 103 Å². The highest BCUT2D eigenvalue weighted by Crippen LogP contribution is 2.05. The van der Waals surface area contributed by atoms with E-state index in [1.54, 1.807) is 12.3 Å². The summed E-state index contributed by atoms with van der Waals surface area (Å²) in [5.41, 5.74) is 6.17. The maximum absolute atomic E-state index is 5.33. The van der Waals surface area contributed by atoms with Crippen LogP contribution in [0.25, 0.3) is 0 Å². The molecule has 0 spiro atoms. The number of anilines is 1. The summed E-state index contributed by atoms with van der Waals surface area (Å²) in [5, 5.41) is 10.4. The minimum atomic E-state index is 0.238. The van der Waals surface area contributed by atoms with E-state index in [1.807, 2.05) is 0 Å². The van der Waals surface area contributed by atoms with Crippen molar-refractivity contribution < 1.29 is 4.42 Å². The Morgan fingerprint density at radius 2 is 2.33 bits per heavy atom. The van der Waals surface area contributed by atoms with Crippen molar-refractivity contribution in [1.29, 1.82) is 0 Å². The first kappa shape index (κ1) is 9.53. The maximum Gasteiger partial charge on any atom is 0.315 e. The van der Waals surface area contributed by atoms with Crippen LogP contribution in [-0.2, 0) is 13.1 Å². The Labute approximate surface area is 85.7 Å². The zero-order chi connectivity index (χ0) is 10.5. The first-order valence-corrected chi connectivity index (χ1v) is 4.39. The molecule has 0 unspecified atom stereocenters. The third-order valence-corrected chi connectivity index (χ3v) is 1.71. The van der Waals surface area contributed by atoms with Gasteiger partial charge in [-0.3, -0.25) is 0 Å². The average molecular weight is 206 g/mol. The van der Waals surface area contributed by atoms with Gasteiger partial charge in [0, 0.05) is 6.20 Å². The van der Waals surface area contributed by atoms with E-state index in [2.05, 4.69) is 25.5 Å². The Morgan fingerprint density at radius 3 is 3.00 bits per heavy atom. The number of nitrogens with zero attached hydrogens (tertiary/aromatic N) is 4. The second-order valence-corrected chi connectivity index (χ2v) is 2.76. The van der Waals surface area contributed by atoms with Gasteiger partial charge in [0.2, 0.25) is 5.89 Å². The summed E-state index contributed by atoms with van der Waals surface area (Å²) in [5.74, 6) is 0.403. The molecule has 0 fully saturated rings. The van der Waals surface area contributed by atoms with Gasteiger partial charge >= 0.3 is 6.01 Å². The van der Waals surface area contributed by atoms with Crippen molar-refractivity contribution in [3.05, 3.63) is 30.2 Å². The van der Waals surface area contributed by atoms with E-state index in [0.29, 0.717) is 18.5 Å². The molecule has 0 radical (unpaired) electrons. The molecule has 2 aromatic rings. The van der Waals surface area contributed by atoms with Crippen LogP contribution in [0.3, 0.4) is 0 Å². The monoisotopic (exact) mass is 206 g/mol. The molecule has 7 heteroatoms. The molecule has 2 rings (SSSR count). The third kappa shape index (κ3) is 2.47. The lowest BCUT2D eigenvalue weighted by Gasteiger charge is -1.98. The van der Waals surface area contributed by atoms with Gasteiger partial charge < -0.3 is 15.5 Å². The molecule has 78 valence electrons. The molecular weight excluding hydrogens is 196 g/mol. The van der Waals surface area contributed by atoms with E-state index in [9.17, 15) is 0 Å². The van der Waals surface area contributed by atoms with Gasteiger partial charge in [-0.2, -0.15) is 0 Å². The molecule has 0 aliphatic rings. The minimum Gasteiger partial charge on any atom is -0.407 e. The molecule has 0 amide bonds. The summed E-state index contributed by atoms with van der Waals surface area (Å²) < 4.78 is 5.15. The van der Waals surface area contributed by atoms with Crippen LogP contribution < -0.4 is 11.1 Å². The number of hydrogen-bond acceptors (Lipinski definition) is 7. The molecule has 2 aromatic heterocycles. The highest BCUT2D eigenvalue weighted by molar-refractivity contribution is 5.18. The molecule has 0 bridgehead atoms. The molecule has 3 N–H and O–H groups in total. The quantitative estimate of drug-likeness (QED) is 0.721. The fraction of sp³-hybridized carbons (Fsp3) is 0.250. The largest absolute Gasteiger partial charge is 0.407 e. The van der Waals surface area contributed by atoms with Gasteiger partial charge in [-0.15, -0.1) is 5.10 Å². The molecule has 0 saturated heterocycles. The van der Waals surface area contributed by atoms with Crippen LogP contribution in [0.2, 0.25) is 0 Å². The fourth-order valence-electron chi connectivity index (χ4n) is 0.996. The molecule has 0 aliphatic heterocycles. The van der Waals surface area contributed by atoms with Crippen LogP contribution in [0.4, 0.5) is 6.01 Å². The smallest absolute Gasteiger partial charge is 0.315 e. The van der Waals surface area contributed by atoms with E-state index in [0.717, 1.165) is 5.69 Å². The van der Waals surface area contributed by atoms with Crippen molar-refractivity contribution in [3.8, 4) is 0 Å². The van der Waals surface area contributed by atoms with E-state index in [4.69, 9.17) is 10.2 Å². The maximum atomic E-state index is 5.33. The molecule has 2 heterocycles. The predicted octanol–water partition coefficient (Wildman–Crippen LogP) is -0.0696. The number of nitrogens with one attached hydrogen (secondary N) is 1. The van der Waals surface area contributed by atoms with Gasteiger partial charge in [-0.1, -0.05) is 5.10 Å². The molecule has 15 heavy (non-hydrogen) atoms. The first-order chi connectivity index (χ1) is 7.38. The Kier molecular flexibility index (Phi) is 2.84. The third-order valence-electron chi connectivity index (χ3n) is 1.71. The zero-order valence-electron chi connectivity index (χ0n) is 7.92. The summed E-state index contributed by atoms with van der Waals surface area (Å²) in [6.07, 6.45) is 3.15. The normalized spacial score (nSPS) is 10.2. The highest BCUT2D eigenvalue weighted by atomic mass is 16.4. The Balaban J connectivity index is 1.93. The Bertz CT molecular complexity index is 414. The molecular formula is C8H10N6O. The van der Waals surface area contributed by atoms with Crippen LogP contribution in [0.1, 0.15) is 11.6 Å². The molecule has 0 aromatic carbocycles. The SMILES string of the molecule is NCc1nnc(NCc2ccncn2)o1. The lowest BCUT2D eigenvalue weighted by atomic mass is 10.4. The predicted molar refractivity (Wildman–Crippen MR) is 51.5 cm³/mol. The first-order valence-electron chi connectivity index (χ1n) is 4.39. The van der Waals surface area contributed by atoms with Crippen LogP contribution in [0.15, 0.2) is 23.0 Å². The van der Waals surface area contributed by atoms with Gasteiger partial charge in [-0.05, 0) is 6.07 Å². The van der Waals surface area contributed by atoms with Crippen molar-refractivity contribution >= 4 is 6.01 Å². The van der Waals surface area contributed by atoms with E-state index in [-0.39, 0.29) is 6.54 Å². The van der Waals surface area contributed by atoms with Crippen LogP contribution in [-0.4, -0.2) is 20.2 Å². The summed E-state index contributed by atoms with van der Waals surface area (Å²) in [4.78, 5) is 7.84. The second-order valence-electron chi connectivity index (χ2n) is 2.76. The highest BCUT2D eigenvalue weighted by Gasteiger charge is 2.03. The molecule has 0 saturated carbocycles. The van der Waals surface area contributed by atoms with Crippen LogP contribution in [0.5, 0.6) is 0 Å². The summed E-state index contributed by atoms with van der Waals surface area (Å²) >= 11 is 0. The van der Waals surface area contributed by atoms with Crippen molar-refractivity contribution in [3.63, 3.8) is 0 Å². The molecule has 7 nitrogen and oxygen atoms in total. The minimum absolute atomic E-state index is 0.238. The Hall–Kier alpha value is -2.02. The van der Waals surface area contributed by atoms with Crippen molar-refractivity contribution in [2.45, 2.75) is 13.1 Å². The number of nitrogens with two attached hydrogens (primary N) is 1. The number of rotatable bonds is 4. The summed E-state index contributed by atoms with van der Waals surface area (Å²) in [6, 6.07) is 2.14. The standard InChI is InChI=1S/C8H10N6O/c9-3-7-13-14-8(15-7)11-4-6-1-2-10-5-12-6/h1-2,5H,3-4,9H2,(H,11,14). The summed E-state index contributed by atoms with van der Waals surface area (Å²) in [7, 11) is 0. The molecule has 0 atom stereocenters. The van der Waals surface area contributed by atoms with Gasteiger partial charge in [0.15, 0.2) is 0 Å². The Morgan fingerprint density at radius 1 is 1.40 bits per heavy atom.